The van der Waals surface area contributed by atoms with Crippen LogP contribution in [0.1, 0.15) is 55.0 Å². The largest absolute Gasteiger partial charge is 0.507 e. The molecule has 1 N–H and O–H groups in total. The summed E-state index contributed by atoms with van der Waals surface area (Å²) in [4.78, 5) is 28.4. The van der Waals surface area contributed by atoms with Gasteiger partial charge in [-0.15, -0.1) is 0 Å². The standard InChI is InChI=1S/C30H31NO5/c1-6-36-22-14-10-13-21(16-22)31-27(20-11-8-7-9-12-20)26(29(33)30(31)34)28(32)24-17-23(18(2)3)25(35-5)15-19(24)4/h7-18,27,32H,6H2,1-5H3/b28-26+. The summed E-state index contributed by atoms with van der Waals surface area (Å²) >= 11 is 0. The minimum Gasteiger partial charge on any atom is -0.507 e. The molecule has 1 fully saturated rings. The fraction of sp³-hybridized carbons (Fsp3) is 0.267. The van der Waals surface area contributed by atoms with E-state index in [0.29, 0.717) is 29.4 Å². The van der Waals surface area contributed by atoms with Gasteiger partial charge in [-0.3, -0.25) is 14.5 Å². The van der Waals surface area contributed by atoms with Crippen LogP contribution in [-0.2, 0) is 9.59 Å². The van der Waals surface area contributed by atoms with Crippen LogP contribution < -0.4 is 14.4 Å². The molecular formula is C30H31NO5. The summed E-state index contributed by atoms with van der Waals surface area (Å²) in [7, 11) is 1.61. The SMILES string of the molecule is CCOc1cccc(N2C(=O)C(=O)/C(=C(/O)c3cc(C(C)C)c(OC)cc3C)C2c2ccccc2)c1. The molecule has 0 bridgehead atoms. The van der Waals surface area contributed by atoms with Gasteiger partial charge >= 0.3 is 0 Å². The molecule has 186 valence electrons. The third-order valence-electron chi connectivity index (χ3n) is 6.42. The van der Waals surface area contributed by atoms with Crippen molar-refractivity contribution in [2.24, 2.45) is 0 Å². The van der Waals surface area contributed by atoms with E-state index in [9.17, 15) is 14.7 Å². The predicted molar refractivity (Wildman–Crippen MR) is 141 cm³/mol. The number of aryl methyl sites for hydroxylation is 1. The molecule has 1 unspecified atom stereocenters. The molecular weight excluding hydrogens is 454 g/mol. The van der Waals surface area contributed by atoms with Crippen LogP contribution in [0.3, 0.4) is 0 Å². The Morgan fingerprint density at radius 2 is 1.75 bits per heavy atom. The summed E-state index contributed by atoms with van der Waals surface area (Å²) in [6.45, 7) is 8.27. The number of rotatable bonds is 7. The van der Waals surface area contributed by atoms with Crippen molar-refractivity contribution in [1.29, 1.82) is 0 Å². The first-order valence-corrected chi connectivity index (χ1v) is 12.1. The molecule has 4 rings (SSSR count). The monoisotopic (exact) mass is 485 g/mol. The first-order chi connectivity index (χ1) is 17.3. The van der Waals surface area contributed by atoms with Gasteiger partial charge in [0.25, 0.3) is 11.7 Å². The zero-order valence-corrected chi connectivity index (χ0v) is 21.2. The van der Waals surface area contributed by atoms with E-state index in [1.165, 1.54) is 4.90 Å². The highest BCUT2D eigenvalue weighted by molar-refractivity contribution is 6.51. The molecule has 0 saturated carbocycles. The third kappa shape index (κ3) is 4.47. The van der Waals surface area contributed by atoms with E-state index < -0.39 is 17.7 Å². The summed E-state index contributed by atoms with van der Waals surface area (Å²) in [5, 5.41) is 11.6. The number of ketones is 1. The molecule has 0 spiro atoms. The minimum absolute atomic E-state index is 0.0518. The average Bonchev–Trinajstić information content (AvgIpc) is 3.14. The summed E-state index contributed by atoms with van der Waals surface area (Å²) < 4.78 is 11.2. The molecule has 1 amide bonds. The topological polar surface area (TPSA) is 76.1 Å². The second kappa shape index (κ2) is 10.3. The number of anilines is 1. The van der Waals surface area contributed by atoms with Crippen molar-refractivity contribution in [3.05, 3.63) is 94.6 Å². The zero-order chi connectivity index (χ0) is 26.0. The lowest BCUT2D eigenvalue weighted by Gasteiger charge is -2.26. The van der Waals surface area contributed by atoms with Gasteiger partial charge in [0.15, 0.2) is 0 Å². The molecule has 1 aliphatic heterocycles. The van der Waals surface area contributed by atoms with Gasteiger partial charge in [-0.2, -0.15) is 0 Å². The fourth-order valence-corrected chi connectivity index (χ4v) is 4.67. The van der Waals surface area contributed by atoms with Gasteiger partial charge in [0, 0.05) is 17.3 Å². The number of Topliss-reactive ketones (excluding diaryl/α,β-unsaturated/α-hetero) is 1. The van der Waals surface area contributed by atoms with Crippen LogP contribution in [0.25, 0.3) is 5.76 Å². The first kappa shape index (κ1) is 25.0. The molecule has 1 aliphatic rings. The molecule has 36 heavy (non-hydrogen) atoms. The highest BCUT2D eigenvalue weighted by Gasteiger charge is 2.47. The quantitative estimate of drug-likeness (QED) is 0.247. The number of nitrogens with zero attached hydrogens (tertiary/aromatic N) is 1. The van der Waals surface area contributed by atoms with Crippen LogP contribution in [0.4, 0.5) is 5.69 Å². The Kier molecular flexibility index (Phi) is 7.15. The Morgan fingerprint density at radius 3 is 2.39 bits per heavy atom. The molecule has 6 nitrogen and oxygen atoms in total. The van der Waals surface area contributed by atoms with Crippen molar-refractivity contribution < 1.29 is 24.2 Å². The predicted octanol–water partition coefficient (Wildman–Crippen LogP) is 6.15. The fourth-order valence-electron chi connectivity index (χ4n) is 4.67. The van der Waals surface area contributed by atoms with Crippen molar-refractivity contribution in [3.63, 3.8) is 0 Å². The summed E-state index contributed by atoms with van der Waals surface area (Å²) in [6.07, 6.45) is 0. The normalized spacial score (nSPS) is 17.1. The molecule has 1 heterocycles. The van der Waals surface area contributed by atoms with Crippen molar-refractivity contribution >= 4 is 23.1 Å². The van der Waals surface area contributed by atoms with Crippen molar-refractivity contribution in [2.45, 2.75) is 39.7 Å². The molecule has 0 aliphatic carbocycles. The van der Waals surface area contributed by atoms with Gasteiger partial charge in [0.05, 0.1) is 25.3 Å². The highest BCUT2D eigenvalue weighted by atomic mass is 16.5. The molecule has 0 aromatic heterocycles. The van der Waals surface area contributed by atoms with Crippen LogP contribution in [0.2, 0.25) is 0 Å². The molecule has 0 radical (unpaired) electrons. The van der Waals surface area contributed by atoms with E-state index in [2.05, 4.69) is 0 Å². The lowest BCUT2D eigenvalue weighted by molar-refractivity contribution is -0.132. The number of carbonyl (C=O) groups is 2. The molecule has 3 aromatic rings. The van der Waals surface area contributed by atoms with Crippen LogP contribution in [0, 0.1) is 6.92 Å². The zero-order valence-electron chi connectivity index (χ0n) is 21.2. The van der Waals surface area contributed by atoms with E-state index in [0.717, 1.165) is 16.7 Å². The van der Waals surface area contributed by atoms with E-state index in [1.807, 2.05) is 70.2 Å². The number of methoxy groups -OCH3 is 1. The van der Waals surface area contributed by atoms with Crippen molar-refractivity contribution in [2.75, 3.05) is 18.6 Å². The van der Waals surface area contributed by atoms with E-state index >= 15 is 0 Å². The Bertz CT molecular complexity index is 1330. The molecule has 3 aromatic carbocycles. The number of hydrogen-bond donors (Lipinski definition) is 1. The number of amides is 1. The molecule has 1 saturated heterocycles. The maximum Gasteiger partial charge on any atom is 0.300 e. The number of hydrogen-bond acceptors (Lipinski definition) is 5. The van der Waals surface area contributed by atoms with Crippen LogP contribution in [-0.4, -0.2) is 30.5 Å². The third-order valence-corrected chi connectivity index (χ3v) is 6.42. The Morgan fingerprint density at radius 1 is 1.03 bits per heavy atom. The number of ether oxygens (including phenoxy) is 2. The van der Waals surface area contributed by atoms with Gasteiger partial charge in [-0.1, -0.05) is 50.2 Å². The van der Waals surface area contributed by atoms with Crippen LogP contribution >= 0.6 is 0 Å². The van der Waals surface area contributed by atoms with Crippen LogP contribution in [0.5, 0.6) is 11.5 Å². The van der Waals surface area contributed by atoms with Gasteiger partial charge in [-0.25, -0.2) is 0 Å². The van der Waals surface area contributed by atoms with Gasteiger partial charge in [0.2, 0.25) is 0 Å². The Balaban J connectivity index is 1.95. The van der Waals surface area contributed by atoms with Crippen LogP contribution in [0.15, 0.2) is 72.3 Å². The molecule has 6 heteroatoms. The van der Waals surface area contributed by atoms with E-state index in [1.54, 1.807) is 31.4 Å². The number of carbonyl (C=O) groups excluding carboxylic acids is 2. The second-order valence-corrected chi connectivity index (χ2v) is 9.07. The summed E-state index contributed by atoms with van der Waals surface area (Å²) in [6, 6.07) is 19.2. The lowest BCUT2D eigenvalue weighted by Crippen LogP contribution is -2.29. The summed E-state index contributed by atoms with van der Waals surface area (Å²) in [5.74, 6) is -0.199. The van der Waals surface area contributed by atoms with Crippen molar-refractivity contribution in [1.82, 2.24) is 0 Å². The Labute approximate surface area is 211 Å². The van der Waals surface area contributed by atoms with E-state index in [4.69, 9.17) is 9.47 Å². The maximum atomic E-state index is 13.5. The van der Waals surface area contributed by atoms with Gasteiger partial charge < -0.3 is 14.6 Å². The highest BCUT2D eigenvalue weighted by Crippen LogP contribution is 2.44. The van der Waals surface area contributed by atoms with Gasteiger partial charge in [-0.05, 0) is 60.7 Å². The lowest BCUT2D eigenvalue weighted by atomic mass is 9.91. The maximum absolute atomic E-state index is 13.5. The minimum atomic E-state index is -0.799. The molecule has 1 atom stereocenters. The van der Waals surface area contributed by atoms with Crippen molar-refractivity contribution in [3.8, 4) is 11.5 Å². The summed E-state index contributed by atoms with van der Waals surface area (Å²) in [5.41, 5.74) is 3.43. The number of aliphatic hydroxyl groups is 1. The number of benzene rings is 3. The Hall–Kier alpha value is -4.06. The average molecular weight is 486 g/mol. The number of aliphatic hydroxyl groups excluding tert-OH is 1. The van der Waals surface area contributed by atoms with Gasteiger partial charge in [0.1, 0.15) is 17.3 Å². The first-order valence-electron chi connectivity index (χ1n) is 12.1. The van der Waals surface area contributed by atoms with E-state index in [-0.39, 0.29) is 17.3 Å². The second-order valence-electron chi connectivity index (χ2n) is 9.07. The smallest absolute Gasteiger partial charge is 0.300 e.